The highest BCUT2D eigenvalue weighted by molar-refractivity contribution is 7.89. The Hall–Kier alpha value is -1.45. The lowest BCUT2D eigenvalue weighted by Crippen LogP contribution is -2.42. The smallest absolute Gasteiger partial charge is 0.349 e. The monoisotopic (exact) mass is 349 g/mol. The zero-order chi connectivity index (χ0) is 17.1. The van der Waals surface area contributed by atoms with Crippen LogP contribution in [0.1, 0.15) is 35.5 Å². The van der Waals surface area contributed by atoms with Crippen LogP contribution in [0.2, 0.25) is 0 Å². The van der Waals surface area contributed by atoms with Gasteiger partial charge in [-0.05, 0) is 30.2 Å². The zero-order valence-electron chi connectivity index (χ0n) is 12.7. The highest BCUT2D eigenvalue weighted by Gasteiger charge is 2.32. The lowest BCUT2D eigenvalue weighted by Gasteiger charge is -2.17. The highest BCUT2D eigenvalue weighted by Crippen LogP contribution is 2.28. The average molecular weight is 349 g/mol. The quantitative estimate of drug-likeness (QED) is 0.724. The fraction of sp³-hybridized carbons (Fsp3) is 0.538. The van der Waals surface area contributed by atoms with Gasteiger partial charge in [-0.25, -0.2) is 13.2 Å². The van der Waals surface area contributed by atoms with Crippen molar-refractivity contribution >= 4 is 33.3 Å². The van der Waals surface area contributed by atoms with Gasteiger partial charge in [0.1, 0.15) is 15.8 Å². The third-order valence-corrected chi connectivity index (χ3v) is 5.73. The molecule has 124 valence electrons. The van der Waals surface area contributed by atoms with Crippen LogP contribution >= 0.6 is 11.3 Å². The predicted molar refractivity (Wildman–Crippen MR) is 81.6 cm³/mol. The molecule has 0 spiro atoms. The van der Waals surface area contributed by atoms with Gasteiger partial charge >= 0.3 is 11.9 Å². The number of carboxylic acids is 1. The van der Waals surface area contributed by atoms with E-state index in [1.54, 1.807) is 13.8 Å². The van der Waals surface area contributed by atoms with Crippen molar-refractivity contribution in [1.29, 1.82) is 0 Å². The van der Waals surface area contributed by atoms with Gasteiger partial charge in [0.2, 0.25) is 10.0 Å². The van der Waals surface area contributed by atoms with E-state index in [4.69, 9.17) is 5.11 Å². The van der Waals surface area contributed by atoms with Crippen LogP contribution in [0.5, 0.6) is 0 Å². The summed E-state index contributed by atoms with van der Waals surface area (Å²) in [4.78, 5) is 22.6. The number of methoxy groups -OCH3 is 1. The van der Waals surface area contributed by atoms with E-state index < -0.39 is 28.0 Å². The number of hydrogen-bond donors (Lipinski definition) is 2. The van der Waals surface area contributed by atoms with Crippen LogP contribution in [0.25, 0.3) is 0 Å². The molecule has 0 bridgehead atoms. The van der Waals surface area contributed by atoms with E-state index in [0.717, 1.165) is 18.4 Å². The summed E-state index contributed by atoms with van der Waals surface area (Å²) in [6.07, 6.45) is 0.144. The first-order valence-corrected chi connectivity index (χ1v) is 8.88. The maximum atomic E-state index is 12.5. The molecule has 22 heavy (non-hydrogen) atoms. The van der Waals surface area contributed by atoms with Crippen LogP contribution in [0.3, 0.4) is 0 Å². The van der Waals surface area contributed by atoms with E-state index in [-0.39, 0.29) is 22.1 Å². The number of carbonyl (C=O) groups excluding carboxylic acids is 1. The van der Waals surface area contributed by atoms with Crippen molar-refractivity contribution in [2.24, 2.45) is 5.92 Å². The summed E-state index contributed by atoms with van der Waals surface area (Å²) in [5, 5.41) is 10.7. The number of ether oxygens (including phenoxy) is 1. The maximum absolute atomic E-state index is 12.5. The first-order chi connectivity index (χ1) is 10.1. The number of hydrogen-bond acceptors (Lipinski definition) is 6. The van der Waals surface area contributed by atoms with E-state index >= 15 is 0 Å². The standard InChI is InChI=1S/C13H19NO6S2/c1-7(2)5-9(12(15)16)14-22(18,19)11-8(3)6-21-10(11)13(17)20-4/h6-7,9,14H,5H2,1-4H3,(H,15,16)/t9-/m1/s1. The van der Waals surface area contributed by atoms with Crippen LogP contribution in [-0.2, 0) is 19.6 Å². The van der Waals surface area contributed by atoms with Gasteiger partial charge in [0.05, 0.1) is 7.11 Å². The molecule has 1 heterocycles. The minimum absolute atomic E-state index is 0.00699. The summed E-state index contributed by atoms with van der Waals surface area (Å²) in [7, 11) is -2.99. The predicted octanol–water partition coefficient (Wildman–Crippen LogP) is 1.62. The van der Waals surface area contributed by atoms with Gasteiger partial charge in [0, 0.05) is 0 Å². The number of sulfonamides is 1. The molecule has 0 saturated carbocycles. The Bertz CT molecular complexity index is 662. The molecule has 0 amide bonds. The van der Waals surface area contributed by atoms with Crippen LogP contribution in [-0.4, -0.2) is 38.6 Å². The molecule has 0 radical (unpaired) electrons. The van der Waals surface area contributed by atoms with Crippen LogP contribution in [0.4, 0.5) is 0 Å². The van der Waals surface area contributed by atoms with Crippen molar-refractivity contribution in [3.05, 3.63) is 15.8 Å². The van der Waals surface area contributed by atoms with E-state index in [2.05, 4.69) is 9.46 Å². The minimum atomic E-state index is -4.14. The molecule has 0 aromatic carbocycles. The van der Waals surface area contributed by atoms with E-state index in [9.17, 15) is 18.0 Å². The van der Waals surface area contributed by atoms with Crippen molar-refractivity contribution in [2.75, 3.05) is 7.11 Å². The van der Waals surface area contributed by atoms with Crippen LogP contribution in [0, 0.1) is 12.8 Å². The van der Waals surface area contributed by atoms with Gasteiger partial charge in [-0.3, -0.25) is 4.79 Å². The van der Waals surface area contributed by atoms with Gasteiger partial charge < -0.3 is 9.84 Å². The molecule has 0 aliphatic carbocycles. The topological polar surface area (TPSA) is 110 Å². The Morgan fingerprint density at radius 3 is 2.45 bits per heavy atom. The van der Waals surface area contributed by atoms with Gasteiger partial charge in [0.15, 0.2) is 0 Å². The molecule has 7 nitrogen and oxygen atoms in total. The molecule has 0 aliphatic heterocycles. The molecule has 1 aromatic heterocycles. The first-order valence-electron chi connectivity index (χ1n) is 6.51. The van der Waals surface area contributed by atoms with Crippen molar-refractivity contribution in [1.82, 2.24) is 4.72 Å². The summed E-state index contributed by atoms with van der Waals surface area (Å²) in [5.41, 5.74) is 0.367. The Balaban J connectivity index is 3.22. The molecule has 0 unspecified atom stereocenters. The molecule has 0 aliphatic rings. The summed E-state index contributed by atoms with van der Waals surface area (Å²) < 4.78 is 31.7. The van der Waals surface area contributed by atoms with E-state index in [1.165, 1.54) is 12.3 Å². The maximum Gasteiger partial charge on any atom is 0.349 e. The fourth-order valence-corrected chi connectivity index (χ4v) is 4.83. The molecule has 0 saturated heterocycles. The minimum Gasteiger partial charge on any atom is -0.480 e. The SMILES string of the molecule is COC(=O)c1scc(C)c1S(=O)(=O)N[C@H](CC(C)C)C(=O)O. The normalized spacial score (nSPS) is 13.1. The highest BCUT2D eigenvalue weighted by atomic mass is 32.2. The first kappa shape index (κ1) is 18.6. The number of rotatable bonds is 7. The number of thiophene rings is 1. The molecule has 2 N–H and O–H groups in total. The second-order valence-electron chi connectivity index (χ2n) is 5.21. The molecule has 0 fully saturated rings. The second kappa shape index (κ2) is 7.21. The number of carbonyl (C=O) groups is 2. The van der Waals surface area contributed by atoms with Crippen LogP contribution in [0.15, 0.2) is 10.3 Å². The zero-order valence-corrected chi connectivity index (χ0v) is 14.4. The fourth-order valence-electron chi connectivity index (χ4n) is 1.92. The van der Waals surface area contributed by atoms with Gasteiger partial charge in [-0.2, -0.15) is 4.72 Å². The van der Waals surface area contributed by atoms with Crippen molar-refractivity contribution in [2.45, 2.75) is 38.1 Å². The van der Waals surface area contributed by atoms with E-state index in [0.29, 0.717) is 5.56 Å². The lowest BCUT2D eigenvalue weighted by atomic mass is 10.1. The number of nitrogens with one attached hydrogen (secondary N) is 1. The molecular weight excluding hydrogens is 330 g/mol. The van der Waals surface area contributed by atoms with Crippen molar-refractivity contribution < 1.29 is 27.9 Å². The second-order valence-corrected chi connectivity index (χ2v) is 7.74. The summed E-state index contributed by atoms with van der Waals surface area (Å²) in [6.45, 7) is 5.12. The van der Waals surface area contributed by atoms with Crippen molar-refractivity contribution in [3.8, 4) is 0 Å². The number of carboxylic acid groups (broad SMARTS) is 1. The largest absolute Gasteiger partial charge is 0.480 e. The molecule has 1 rings (SSSR count). The number of esters is 1. The van der Waals surface area contributed by atoms with Gasteiger partial charge in [-0.15, -0.1) is 11.3 Å². The molecule has 1 atom stereocenters. The summed E-state index contributed by atoms with van der Waals surface area (Å²) in [5.74, 6) is -2.04. The lowest BCUT2D eigenvalue weighted by molar-refractivity contribution is -0.139. The third-order valence-electron chi connectivity index (χ3n) is 2.86. The number of aliphatic carboxylic acids is 1. The van der Waals surface area contributed by atoms with Crippen molar-refractivity contribution in [3.63, 3.8) is 0 Å². The van der Waals surface area contributed by atoms with Crippen LogP contribution < -0.4 is 4.72 Å². The average Bonchev–Trinajstić information content (AvgIpc) is 2.78. The molecule has 9 heteroatoms. The van der Waals surface area contributed by atoms with E-state index in [1.807, 2.05) is 0 Å². The Labute approximate surface area is 133 Å². The molecular formula is C13H19NO6S2. The Morgan fingerprint density at radius 2 is 2.00 bits per heavy atom. The molecule has 1 aromatic rings. The Kier molecular flexibility index (Phi) is 6.09. The van der Waals surface area contributed by atoms with Gasteiger partial charge in [-0.1, -0.05) is 13.8 Å². The number of aryl methyl sites for hydroxylation is 1. The van der Waals surface area contributed by atoms with Gasteiger partial charge in [0.25, 0.3) is 0 Å². The summed E-state index contributed by atoms with van der Waals surface area (Å²) >= 11 is 0.944. The third kappa shape index (κ3) is 4.28. The Morgan fingerprint density at radius 1 is 1.41 bits per heavy atom. The summed E-state index contributed by atoms with van der Waals surface area (Å²) in [6, 6.07) is -1.25.